The van der Waals surface area contributed by atoms with Gasteiger partial charge in [-0.05, 0) is 12.8 Å². The van der Waals surface area contributed by atoms with Crippen LogP contribution in [0.4, 0.5) is 0 Å². The van der Waals surface area contributed by atoms with Crippen LogP contribution in [0.25, 0.3) is 0 Å². The van der Waals surface area contributed by atoms with Crippen molar-refractivity contribution in [3.63, 3.8) is 0 Å². The van der Waals surface area contributed by atoms with E-state index in [9.17, 15) is 8.42 Å². The standard InChI is InChI=1S/C7H13N3O2S/c8-3-5-13(11,12)10-4-1-2-7(10)6-9/h7H,1-2,4-6,9H2. The fourth-order valence-electron chi connectivity index (χ4n) is 1.58. The fraction of sp³-hybridized carbons (Fsp3) is 0.857. The third-order valence-corrected chi connectivity index (χ3v) is 3.89. The molecule has 0 radical (unpaired) electrons. The second-order valence-corrected chi connectivity index (χ2v) is 4.98. The van der Waals surface area contributed by atoms with Gasteiger partial charge in [-0.3, -0.25) is 0 Å². The summed E-state index contributed by atoms with van der Waals surface area (Å²) in [7, 11) is -3.38. The molecule has 2 N–H and O–H groups in total. The van der Waals surface area contributed by atoms with E-state index in [-0.39, 0.29) is 6.04 Å². The molecular weight excluding hydrogens is 190 g/mol. The minimum absolute atomic E-state index is 0.0988. The molecule has 0 aromatic heterocycles. The van der Waals surface area contributed by atoms with E-state index in [0.29, 0.717) is 13.1 Å². The quantitative estimate of drug-likeness (QED) is 0.654. The summed E-state index contributed by atoms with van der Waals surface area (Å²) >= 11 is 0. The Morgan fingerprint density at radius 2 is 2.31 bits per heavy atom. The van der Waals surface area contributed by atoms with Gasteiger partial charge in [0.05, 0.1) is 6.07 Å². The summed E-state index contributed by atoms with van der Waals surface area (Å²) in [6.45, 7) is 0.844. The number of nitrogens with zero attached hydrogens (tertiary/aromatic N) is 2. The van der Waals surface area contributed by atoms with Crippen molar-refractivity contribution in [3.05, 3.63) is 0 Å². The van der Waals surface area contributed by atoms with Crippen LogP contribution in [-0.2, 0) is 10.0 Å². The molecule has 0 aliphatic carbocycles. The normalized spacial score (nSPS) is 24.5. The summed E-state index contributed by atoms with van der Waals surface area (Å²) in [6.07, 6.45) is 1.65. The summed E-state index contributed by atoms with van der Waals surface area (Å²) in [6, 6.07) is 1.56. The third kappa shape index (κ3) is 2.18. The van der Waals surface area contributed by atoms with Gasteiger partial charge in [0.1, 0.15) is 0 Å². The number of hydrogen-bond donors (Lipinski definition) is 1. The predicted octanol–water partition coefficient (Wildman–Crippen LogP) is -0.737. The Morgan fingerprint density at radius 1 is 1.62 bits per heavy atom. The van der Waals surface area contributed by atoms with Gasteiger partial charge >= 0.3 is 0 Å². The van der Waals surface area contributed by atoms with E-state index in [1.54, 1.807) is 6.07 Å². The minimum atomic E-state index is -3.38. The van der Waals surface area contributed by atoms with E-state index in [1.165, 1.54) is 4.31 Å². The second kappa shape index (κ2) is 4.05. The molecule has 5 nitrogen and oxygen atoms in total. The number of nitrogens with two attached hydrogens (primary N) is 1. The molecule has 1 heterocycles. The maximum atomic E-state index is 11.4. The topological polar surface area (TPSA) is 87.2 Å². The van der Waals surface area contributed by atoms with Gasteiger partial charge in [0.25, 0.3) is 0 Å². The zero-order valence-electron chi connectivity index (χ0n) is 7.31. The molecule has 1 atom stereocenters. The second-order valence-electron chi connectivity index (χ2n) is 3.06. The van der Waals surface area contributed by atoms with Crippen LogP contribution in [0.15, 0.2) is 0 Å². The van der Waals surface area contributed by atoms with E-state index >= 15 is 0 Å². The highest BCUT2D eigenvalue weighted by Gasteiger charge is 2.32. The number of hydrogen-bond acceptors (Lipinski definition) is 4. The maximum absolute atomic E-state index is 11.4. The van der Waals surface area contributed by atoms with Gasteiger partial charge in [0.2, 0.25) is 10.0 Å². The van der Waals surface area contributed by atoms with Gasteiger partial charge < -0.3 is 5.73 Å². The van der Waals surface area contributed by atoms with E-state index < -0.39 is 15.8 Å². The van der Waals surface area contributed by atoms with Gasteiger partial charge in [0, 0.05) is 19.1 Å². The van der Waals surface area contributed by atoms with E-state index in [0.717, 1.165) is 12.8 Å². The zero-order valence-corrected chi connectivity index (χ0v) is 8.13. The van der Waals surface area contributed by atoms with Crippen LogP contribution in [0.3, 0.4) is 0 Å². The Balaban J connectivity index is 2.77. The van der Waals surface area contributed by atoms with Gasteiger partial charge in [-0.1, -0.05) is 0 Å². The van der Waals surface area contributed by atoms with Crippen molar-refractivity contribution in [2.75, 3.05) is 18.8 Å². The lowest BCUT2D eigenvalue weighted by Gasteiger charge is -2.20. The molecule has 74 valence electrons. The van der Waals surface area contributed by atoms with Crippen LogP contribution in [-0.4, -0.2) is 37.6 Å². The van der Waals surface area contributed by atoms with Crippen LogP contribution in [0.1, 0.15) is 12.8 Å². The molecule has 1 saturated heterocycles. The average molecular weight is 203 g/mol. The molecule has 0 aromatic carbocycles. The molecule has 0 bridgehead atoms. The fourth-order valence-corrected chi connectivity index (χ4v) is 2.96. The van der Waals surface area contributed by atoms with Gasteiger partial charge in [-0.15, -0.1) is 0 Å². The minimum Gasteiger partial charge on any atom is -0.329 e. The summed E-state index contributed by atoms with van der Waals surface area (Å²) in [5.74, 6) is -0.441. The van der Waals surface area contributed by atoms with Crippen LogP contribution >= 0.6 is 0 Å². The third-order valence-electron chi connectivity index (χ3n) is 2.20. The zero-order chi connectivity index (χ0) is 9.90. The van der Waals surface area contributed by atoms with E-state index in [2.05, 4.69) is 0 Å². The molecule has 0 amide bonds. The Hall–Kier alpha value is -0.640. The lowest BCUT2D eigenvalue weighted by atomic mass is 10.2. The van der Waals surface area contributed by atoms with E-state index in [4.69, 9.17) is 11.0 Å². The van der Waals surface area contributed by atoms with Crippen molar-refractivity contribution in [3.8, 4) is 6.07 Å². The molecule has 13 heavy (non-hydrogen) atoms. The van der Waals surface area contributed by atoms with Crippen molar-refractivity contribution in [2.24, 2.45) is 5.73 Å². The Labute approximate surface area is 78.2 Å². The lowest BCUT2D eigenvalue weighted by Crippen LogP contribution is -2.40. The number of nitriles is 1. The Morgan fingerprint density at radius 3 is 2.85 bits per heavy atom. The number of rotatable bonds is 3. The first-order valence-electron chi connectivity index (χ1n) is 4.18. The first kappa shape index (κ1) is 10.4. The lowest BCUT2D eigenvalue weighted by molar-refractivity contribution is 0.395. The van der Waals surface area contributed by atoms with Crippen LogP contribution in [0, 0.1) is 11.3 Å². The van der Waals surface area contributed by atoms with Gasteiger partial charge in [0.15, 0.2) is 5.75 Å². The molecule has 0 saturated carbocycles. The summed E-state index contributed by atoms with van der Waals surface area (Å²) in [5, 5.41) is 8.33. The molecule has 0 aromatic rings. The smallest absolute Gasteiger partial charge is 0.227 e. The van der Waals surface area contributed by atoms with Crippen molar-refractivity contribution in [2.45, 2.75) is 18.9 Å². The molecule has 1 rings (SSSR count). The first-order chi connectivity index (χ1) is 6.11. The monoisotopic (exact) mass is 203 g/mol. The average Bonchev–Trinajstić information content (AvgIpc) is 2.51. The van der Waals surface area contributed by atoms with E-state index in [1.807, 2.05) is 0 Å². The van der Waals surface area contributed by atoms with Gasteiger partial charge in [-0.25, -0.2) is 8.42 Å². The SMILES string of the molecule is N#CCS(=O)(=O)N1CCCC1CN. The number of sulfonamides is 1. The van der Waals surface area contributed by atoms with Crippen molar-refractivity contribution in [1.82, 2.24) is 4.31 Å². The van der Waals surface area contributed by atoms with Crippen LogP contribution < -0.4 is 5.73 Å². The summed E-state index contributed by atoms with van der Waals surface area (Å²) < 4.78 is 24.3. The molecular formula is C7H13N3O2S. The summed E-state index contributed by atoms with van der Waals surface area (Å²) in [5.41, 5.74) is 5.43. The van der Waals surface area contributed by atoms with Crippen molar-refractivity contribution >= 4 is 10.0 Å². The molecule has 6 heteroatoms. The van der Waals surface area contributed by atoms with Crippen molar-refractivity contribution < 1.29 is 8.42 Å². The van der Waals surface area contributed by atoms with Crippen molar-refractivity contribution in [1.29, 1.82) is 5.26 Å². The van der Waals surface area contributed by atoms with Crippen LogP contribution in [0.2, 0.25) is 0 Å². The van der Waals surface area contributed by atoms with Gasteiger partial charge in [-0.2, -0.15) is 9.57 Å². The molecule has 1 aliphatic heterocycles. The molecule has 1 fully saturated rings. The highest BCUT2D eigenvalue weighted by atomic mass is 32.2. The molecule has 1 unspecified atom stereocenters. The van der Waals surface area contributed by atoms with Crippen LogP contribution in [0.5, 0.6) is 0 Å². The highest BCUT2D eigenvalue weighted by molar-refractivity contribution is 7.89. The summed E-state index contributed by atoms with van der Waals surface area (Å²) in [4.78, 5) is 0. The maximum Gasteiger partial charge on any atom is 0.227 e. The Bertz CT molecular complexity index is 306. The largest absolute Gasteiger partial charge is 0.329 e. The molecule has 0 spiro atoms. The molecule has 1 aliphatic rings. The predicted molar refractivity (Wildman–Crippen MR) is 48.2 cm³/mol. The Kier molecular flexibility index (Phi) is 3.25. The first-order valence-corrected chi connectivity index (χ1v) is 5.79. The highest BCUT2D eigenvalue weighted by Crippen LogP contribution is 2.19.